The van der Waals surface area contributed by atoms with Crippen LogP contribution in [0.25, 0.3) is 10.2 Å². The van der Waals surface area contributed by atoms with E-state index < -0.39 is 0 Å². The Hall–Kier alpha value is -0.870. The van der Waals surface area contributed by atoms with Crippen molar-refractivity contribution in [3.05, 3.63) is 15.7 Å². The number of nitrogens with zero attached hydrogens (tertiary/aromatic N) is 2. The number of fused-ring (bicyclic) bond motifs is 3. The summed E-state index contributed by atoms with van der Waals surface area (Å²) in [6, 6.07) is 0.553. The number of nitrogens with one attached hydrogen (secondary N) is 1. The molecule has 2 aliphatic carbocycles. The smallest absolute Gasteiger partial charge is 0.225 e. The highest BCUT2D eigenvalue weighted by Gasteiger charge is 2.25. The maximum Gasteiger partial charge on any atom is 0.225 e. The van der Waals surface area contributed by atoms with Gasteiger partial charge in [-0.2, -0.15) is 0 Å². The number of hydrogen-bond donors (Lipinski definition) is 1. The van der Waals surface area contributed by atoms with E-state index in [-0.39, 0.29) is 0 Å². The third kappa shape index (κ3) is 2.53. The fourth-order valence-electron chi connectivity index (χ4n) is 3.68. The number of rotatable bonds is 2. The summed E-state index contributed by atoms with van der Waals surface area (Å²) < 4.78 is 0. The molecular weight excluding hydrogens is 302 g/mol. The normalized spacial score (nSPS) is 22.7. The number of aryl methyl sites for hydroxylation is 1. The second-order valence-corrected chi connectivity index (χ2v) is 7.92. The number of thiophene rings is 1. The first-order chi connectivity index (χ1) is 10.2. The van der Waals surface area contributed by atoms with Gasteiger partial charge in [-0.15, -0.1) is 11.3 Å². The Labute approximate surface area is 134 Å². The molecule has 1 atom stereocenters. The standard InChI is InChI=1S/C16H20ClN3S/c1-9-6-7-11-12(8-9)21-15-13(11)14(19-16(17)20-15)18-10-4-2-3-5-10/h9-10H,2-8H2,1H3,(H,18,19,20). The van der Waals surface area contributed by atoms with Gasteiger partial charge in [0.25, 0.3) is 0 Å². The lowest BCUT2D eigenvalue weighted by Crippen LogP contribution is -2.16. The van der Waals surface area contributed by atoms with E-state index in [1.807, 2.05) is 11.3 Å². The molecule has 0 amide bonds. The highest BCUT2D eigenvalue weighted by atomic mass is 35.5. The lowest BCUT2D eigenvalue weighted by molar-refractivity contribution is 0.509. The molecular formula is C16H20ClN3S. The summed E-state index contributed by atoms with van der Waals surface area (Å²) in [5.74, 6) is 1.75. The van der Waals surface area contributed by atoms with Crippen LogP contribution in [0.2, 0.25) is 5.28 Å². The molecule has 2 aliphatic rings. The molecule has 0 aliphatic heterocycles. The summed E-state index contributed by atoms with van der Waals surface area (Å²) in [5.41, 5.74) is 1.48. The predicted molar refractivity (Wildman–Crippen MR) is 89.5 cm³/mol. The van der Waals surface area contributed by atoms with Crippen LogP contribution in [0.5, 0.6) is 0 Å². The number of anilines is 1. The van der Waals surface area contributed by atoms with Crippen molar-refractivity contribution in [2.24, 2.45) is 5.92 Å². The van der Waals surface area contributed by atoms with E-state index in [1.165, 1.54) is 54.4 Å². The van der Waals surface area contributed by atoms with Crippen molar-refractivity contribution in [2.45, 2.75) is 57.9 Å². The van der Waals surface area contributed by atoms with Crippen molar-refractivity contribution in [2.75, 3.05) is 5.32 Å². The highest BCUT2D eigenvalue weighted by Crippen LogP contribution is 2.41. The summed E-state index contributed by atoms with van der Waals surface area (Å²) in [7, 11) is 0. The van der Waals surface area contributed by atoms with E-state index in [1.54, 1.807) is 0 Å². The van der Waals surface area contributed by atoms with Gasteiger partial charge in [0.15, 0.2) is 0 Å². The van der Waals surface area contributed by atoms with Crippen molar-refractivity contribution >= 4 is 39.0 Å². The van der Waals surface area contributed by atoms with Gasteiger partial charge >= 0.3 is 0 Å². The molecule has 0 spiro atoms. The molecule has 0 bridgehead atoms. The molecule has 2 aromatic heterocycles. The average molecular weight is 322 g/mol. The third-order valence-electron chi connectivity index (χ3n) is 4.82. The van der Waals surface area contributed by atoms with Gasteiger partial charge in [0.2, 0.25) is 5.28 Å². The highest BCUT2D eigenvalue weighted by molar-refractivity contribution is 7.19. The van der Waals surface area contributed by atoms with E-state index >= 15 is 0 Å². The monoisotopic (exact) mass is 321 g/mol. The van der Waals surface area contributed by atoms with Crippen LogP contribution in [0.4, 0.5) is 5.82 Å². The Balaban J connectivity index is 1.80. The first-order valence-corrected chi connectivity index (χ1v) is 9.14. The molecule has 1 unspecified atom stereocenters. The Kier molecular flexibility index (Phi) is 3.54. The largest absolute Gasteiger partial charge is 0.367 e. The summed E-state index contributed by atoms with van der Waals surface area (Å²) in [5, 5.41) is 5.26. The predicted octanol–water partition coefficient (Wildman–Crippen LogP) is 4.82. The van der Waals surface area contributed by atoms with Gasteiger partial charge in [-0.1, -0.05) is 19.8 Å². The van der Waals surface area contributed by atoms with E-state index in [4.69, 9.17) is 11.6 Å². The summed E-state index contributed by atoms with van der Waals surface area (Å²) >= 11 is 7.96. The molecule has 1 fully saturated rings. The fraction of sp³-hybridized carbons (Fsp3) is 0.625. The van der Waals surface area contributed by atoms with E-state index in [0.29, 0.717) is 11.3 Å². The molecule has 1 N–H and O–H groups in total. The van der Waals surface area contributed by atoms with Crippen LogP contribution < -0.4 is 5.32 Å². The number of aromatic nitrogens is 2. The fourth-order valence-corrected chi connectivity index (χ4v) is 5.29. The molecule has 0 radical (unpaired) electrons. The van der Waals surface area contributed by atoms with Gasteiger partial charge in [0, 0.05) is 10.9 Å². The Morgan fingerprint density at radius 1 is 1.19 bits per heavy atom. The van der Waals surface area contributed by atoms with Crippen LogP contribution in [0, 0.1) is 5.92 Å². The van der Waals surface area contributed by atoms with Crippen LogP contribution in [-0.4, -0.2) is 16.0 Å². The van der Waals surface area contributed by atoms with E-state index in [9.17, 15) is 0 Å². The zero-order chi connectivity index (χ0) is 14.4. The minimum absolute atomic E-state index is 0.370. The third-order valence-corrected chi connectivity index (χ3v) is 6.14. The summed E-state index contributed by atoms with van der Waals surface area (Å²) in [6.45, 7) is 2.34. The lowest BCUT2D eigenvalue weighted by Gasteiger charge is -2.19. The Morgan fingerprint density at radius 3 is 2.81 bits per heavy atom. The summed E-state index contributed by atoms with van der Waals surface area (Å²) in [4.78, 5) is 11.5. The van der Waals surface area contributed by atoms with Crippen LogP contribution in [0.3, 0.4) is 0 Å². The minimum Gasteiger partial charge on any atom is -0.367 e. The van der Waals surface area contributed by atoms with Crippen molar-refractivity contribution < 1.29 is 0 Å². The SMILES string of the molecule is CC1CCc2c(sc3nc(Cl)nc(NC4CCCC4)c23)C1. The Bertz CT molecular complexity index is 676. The van der Waals surface area contributed by atoms with Gasteiger partial charge < -0.3 is 5.32 Å². The lowest BCUT2D eigenvalue weighted by atomic mass is 9.89. The maximum absolute atomic E-state index is 6.15. The van der Waals surface area contributed by atoms with Gasteiger partial charge in [-0.05, 0) is 55.2 Å². The van der Waals surface area contributed by atoms with Crippen molar-refractivity contribution in [1.82, 2.24) is 9.97 Å². The topological polar surface area (TPSA) is 37.8 Å². The van der Waals surface area contributed by atoms with Gasteiger partial charge in [0.05, 0.1) is 5.39 Å². The van der Waals surface area contributed by atoms with Gasteiger partial charge in [-0.3, -0.25) is 0 Å². The van der Waals surface area contributed by atoms with E-state index in [2.05, 4.69) is 22.2 Å². The number of halogens is 1. The first kappa shape index (κ1) is 13.8. The first-order valence-electron chi connectivity index (χ1n) is 7.95. The quantitative estimate of drug-likeness (QED) is 0.805. The molecule has 3 nitrogen and oxygen atoms in total. The number of hydrogen-bond acceptors (Lipinski definition) is 4. The molecule has 4 rings (SSSR count). The second-order valence-electron chi connectivity index (χ2n) is 6.50. The van der Waals surface area contributed by atoms with Crippen molar-refractivity contribution in [3.8, 4) is 0 Å². The van der Waals surface area contributed by atoms with Gasteiger partial charge in [0.1, 0.15) is 10.6 Å². The molecule has 1 saturated carbocycles. The van der Waals surface area contributed by atoms with Crippen molar-refractivity contribution in [1.29, 1.82) is 0 Å². The van der Waals surface area contributed by atoms with Crippen LogP contribution in [-0.2, 0) is 12.8 Å². The molecule has 0 aromatic carbocycles. The van der Waals surface area contributed by atoms with Crippen LogP contribution in [0.15, 0.2) is 0 Å². The minimum atomic E-state index is 0.370. The maximum atomic E-state index is 6.15. The summed E-state index contributed by atoms with van der Waals surface area (Å²) in [6.07, 6.45) is 8.72. The molecule has 2 heterocycles. The van der Waals surface area contributed by atoms with Crippen LogP contribution in [0.1, 0.15) is 49.5 Å². The van der Waals surface area contributed by atoms with Crippen LogP contribution >= 0.6 is 22.9 Å². The average Bonchev–Trinajstić information content (AvgIpc) is 3.04. The molecule has 21 heavy (non-hydrogen) atoms. The zero-order valence-corrected chi connectivity index (χ0v) is 13.9. The molecule has 0 saturated heterocycles. The zero-order valence-electron chi connectivity index (χ0n) is 12.3. The molecule has 112 valence electrons. The Morgan fingerprint density at radius 2 is 2.00 bits per heavy atom. The van der Waals surface area contributed by atoms with Crippen molar-refractivity contribution in [3.63, 3.8) is 0 Å². The second kappa shape index (κ2) is 5.40. The van der Waals surface area contributed by atoms with E-state index in [0.717, 1.165) is 23.0 Å². The molecule has 2 aromatic rings. The molecule has 5 heteroatoms. The van der Waals surface area contributed by atoms with Gasteiger partial charge in [-0.25, -0.2) is 9.97 Å².